The molecule has 2 aromatic carbocycles. The fourth-order valence-corrected chi connectivity index (χ4v) is 4.79. The quantitative estimate of drug-likeness (QED) is 0.664. The van der Waals surface area contributed by atoms with Gasteiger partial charge in [-0.3, -0.25) is 9.10 Å². The molecular weight excluding hydrogens is 380 g/mol. The zero-order valence-corrected chi connectivity index (χ0v) is 17.7. The first-order valence-corrected chi connectivity index (χ1v) is 11.7. The van der Waals surface area contributed by atoms with Gasteiger partial charge in [0, 0.05) is 4.90 Å². The van der Waals surface area contributed by atoms with Gasteiger partial charge in [-0.2, -0.15) is 0 Å². The van der Waals surface area contributed by atoms with Gasteiger partial charge < -0.3 is 5.32 Å². The third-order valence-electron chi connectivity index (χ3n) is 4.06. The lowest BCUT2D eigenvalue weighted by atomic mass is 10.1. The van der Waals surface area contributed by atoms with E-state index in [1.165, 1.54) is 4.31 Å². The standard InChI is InChI=1S/C20H26N2O3S2/c1-5-18(20(23)21-17-9-7-8-10-19(17)26-6-2)22(27(4,24)25)16-13-11-15(3)12-14-16/h7-14,18H,5-6H2,1-4H3,(H,21,23). The van der Waals surface area contributed by atoms with Crippen LogP contribution in [0.3, 0.4) is 0 Å². The Balaban J connectivity index is 2.37. The minimum absolute atomic E-state index is 0.340. The maximum atomic E-state index is 13.0. The number of anilines is 2. The van der Waals surface area contributed by atoms with Crippen LogP contribution in [0.15, 0.2) is 53.4 Å². The number of benzene rings is 2. The number of hydrogen-bond donors (Lipinski definition) is 1. The SMILES string of the molecule is CCSc1ccccc1NC(=O)C(CC)N(c1ccc(C)cc1)S(C)(=O)=O. The molecule has 5 nitrogen and oxygen atoms in total. The van der Waals surface area contributed by atoms with Gasteiger partial charge in [-0.15, -0.1) is 11.8 Å². The van der Waals surface area contributed by atoms with Crippen molar-refractivity contribution in [1.29, 1.82) is 0 Å². The number of sulfonamides is 1. The van der Waals surface area contributed by atoms with Crippen molar-refractivity contribution in [3.63, 3.8) is 0 Å². The van der Waals surface area contributed by atoms with E-state index in [4.69, 9.17) is 0 Å². The summed E-state index contributed by atoms with van der Waals surface area (Å²) in [6.45, 7) is 5.78. The highest BCUT2D eigenvalue weighted by molar-refractivity contribution is 7.99. The molecule has 2 rings (SSSR count). The molecule has 146 valence electrons. The number of rotatable bonds is 8. The summed E-state index contributed by atoms with van der Waals surface area (Å²) in [6, 6.07) is 13.8. The van der Waals surface area contributed by atoms with Crippen LogP contribution in [0.25, 0.3) is 0 Å². The largest absolute Gasteiger partial charge is 0.323 e. The molecule has 0 saturated carbocycles. The number of aryl methyl sites for hydroxylation is 1. The number of hydrogen-bond acceptors (Lipinski definition) is 4. The molecule has 0 aliphatic heterocycles. The molecule has 0 aromatic heterocycles. The molecule has 0 fully saturated rings. The molecule has 0 saturated heterocycles. The van der Waals surface area contributed by atoms with Crippen molar-refractivity contribution < 1.29 is 13.2 Å². The molecule has 0 radical (unpaired) electrons. The maximum absolute atomic E-state index is 13.0. The normalized spacial score (nSPS) is 12.4. The van der Waals surface area contributed by atoms with Crippen molar-refractivity contribution >= 4 is 39.1 Å². The van der Waals surface area contributed by atoms with Crippen molar-refractivity contribution in [2.24, 2.45) is 0 Å². The lowest BCUT2D eigenvalue weighted by molar-refractivity contribution is -0.117. The zero-order valence-electron chi connectivity index (χ0n) is 16.1. The van der Waals surface area contributed by atoms with Crippen LogP contribution in [0.2, 0.25) is 0 Å². The summed E-state index contributed by atoms with van der Waals surface area (Å²) in [6.07, 6.45) is 1.49. The minimum atomic E-state index is -3.63. The monoisotopic (exact) mass is 406 g/mol. The van der Waals surface area contributed by atoms with Gasteiger partial charge in [0.2, 0.25) is 15.9 Å². The van der Waals surface area contributed by atoms with Gasteiger partial charge in [-0.25, -0.2) is 8.42 Å². The van der Waals surface area contributed by atoms with E-state index in [0.717, 1.165) is 22.5 Å². The number of thioether (sulfide) groups is 1. The van der Waals surface area contributed by atoms with Crippen LogP contribution in [0.4, 0.5) is 11.4 Å². The second kappa shape index (κ2) is 9.28. The Hall–Kier alpha value is -1.99. The molecular formula is C20H26N2O3S2. The van der Waals surface area contributed by atoms with Crippen LogP contribution >= 0.6 is 11.8 Å². The fourth-order valence-electron chi connectivity index (χ4n) is 2.82. The second-order valence-electron chi connectivity index (χ2n) is 6.24. The van der Waals surface area contributed by atoms with Gasteiger partial charge in [-0.05, 0) is 43.4 Å². The number of nitrogens with one attached hydrogen (secondary N) is 1. The Labute approximate surface area is 166 Å². The van der Waals surface area contributed by atoms with Gasteiger partial charge in [0.15, 0.2) is 0 Å². The molecule has 1 amide bonds. The summed E-state index contributed by atoms with van der Waals surface area (Å²) in [7, 11) is -3.63. The Morgan fingerprint density at radius 2 is 1.74 bits per heavy atom. The van der Waals surface area contributed by atoms with E-state index in [-0.39, 0.29) is 5.91 Å². The summed E-state index contributed by atoms with van der Waals surface area (Å²) in [4.78, 5) is 14.0. The molecule has 0 spiro atoms. The molecule has 1 N–H and O–H groups in total. The molecule has 0 heterocycles. The van der Waals surface area contributed by atoms with Gasteiger partial charge in [0.1, 0.15) is 6.04 Å². The number of nitrogens with zero attached hydrogens (tertiary/aromatic N) is 1. The van der Waals surface area contributed by atoms with E-state index in [0.29, 0.717) is 17.8 Å². The summed E-state index contributed by atoms with van der Waals surface area (Å²) >= 11 is 1.63. The molecule has 2 aromatic rings. The van der Waals surface area contributed by atoms with Crippen LogP contribution in [-0.4, -0.2) is 32.4 Å². The summed E-state index contributed by atoms with van der Waals surface area (Å²) in [5, 5.41) is 2.91. The molecule has 27 heavy (non-hydrogen) atoms. The molecule has 0 bridgehead atoms. The molecule has 1 unspecified atom stereocenters. The first kappa shape index (κ1) is 21.3. The van der Waals surface area contributed by atoms with Crippen LogP contribution in [0.5, 0.6) is 0 Å². The van der Waals surface area contributed by atoms with Crippen molar-refractivity contribution in [1.82, 2.24) is 0 Å². The molecule has 0 aliphatic rings. The third-order valence-corrected chi connectivity index (χ3v) is 6.20. The third kappa shape index (κ3) is 5.49. The van der Waals surface area contributed by atoms with Crippen molar-refractivity contribution in [3.05, 3.63) is 54.1 Å². The van der Waals surface area contributed by atoms with Crippen LogP contribution < -0.4 is 9.62 Å². The zero-order chi connectivity index (χ0) is 20.0. The Kier molecular flexibility index (Phi) is 7.33. The highest BCUT2D eigenvalue weighted by Gasteiger charge is 2.31. The molecule has 0 aliphatic carbocycles. The number of carbonyl (C=O) groups is 1. The highest BCUT2D eigenvalue weighted by Crippen LogP contribution is 2.28. The minimum Gasteiger partial charge on any atom is -0.323 e. The van der Waals surface area contributed by atoms with Crippen LogP contribution in [-0.2, 0) is 14.8 Å². The summed E-state index contributed by atoms with van der Waals surface area (Å²) in [5.74, 6) is 0.538. The average molecular weight is 407 g/mol. The number of carbonyl (C=O) groups excluding carboxylic acids is 1. The van der Waals surface area contributed by atoms with E-state index in [1.54, 1.807) is 23.9 Å². The molecule has 7 heteroatoms. The van der Waals surface area contributed by atoms with E-state index in [2.05, 4.69) is 5.32 Å². The molecule has 1 atom stereocenters. The topological polar surface area (TPSA) is 66.5 Å². The lowest BCUT2D eigenvalue weighted by Crippen LogP contribution is -2.47. The van der Waals surface area contributed by atoms with Gasteiger partial charge in [-0.1, -0.05) is 43.7 Å². The number of para-hydroxylation sites is 1. The Morgan fingerprint density at radius 1 is 1.11 bits per heavy atom. The van der Waals surface area contributed by atoms with Crippen molar-refractivity contribution in [2.45, 2.75) is 38.1 Å². The Morgan fingerprint density at radius 3 is 2.30 bits per heavy atom. The predicted octanol–water partition coefficient (Wildman–Crippen LogP) is 4.29. The smallest absolute Gasteiger partial charge is 0.248 e. The number of amides is 1. The van der Waals surface area contributed by atoms with E-state index >= 15 is 0 Å². The second-order valence-corrected chi connectivity index (χ2v) is 9.40. The maximum Gasteiger partial charge on any atom is 0.248 e. The van der Waals surface area contributed by atoms with Gasteiger partial charge in [0.25, 0.3) is 0 Å². The lowest BCUT2D eigenvalue weighted by Gasteiger charge is -2.30. The Bertz CT molecular complexity index is 880. The summed E-state index contributed by atoms with van der Waals surface area (Å²) in [5.41, 5.74) is 2.21. The van der Waals surface area contributed by atoms with Gasteiger partial charge in [0.05, 0.1) is 17.6 Å². The summed E-state index contributed by atoms with van der Waals surface area (Å²) < 4.78 is 26.2. The first-order valence-electron chi connectivity index (χ1n) is 8.86. The fraction of sp³-hybridized carbons (Fsp3) is 0.350. The van der Waals surface area contributed by atoms with Gasteiger partial charge >= 0.3 is 0 Å². The van der Waals surface area contributed by atoms with E-state index < -0.39 is 16.1 Å². The van der Waals surface area contributed by atoms with Crippen molar-refractivity contribution in [2.75, 3.05) is 21.6 Å². The van der Waals surface area contributed by atoms with Crippen molar-refractivity contribution in [3.8, 4) is 0 Å². The van der Waals surface area contributed by atoms with E-state index in [9.17, 15) is 13.2 Å². The van der Waals surface area contributed by atoms with Crippen LogP contribution in [0, 0.1) is 6.92 Å². The first-order chi connectivity index (χ1) is 12.8. The highest BCUT2D eigenvalue weighted by atomic mass is 32.2. The van der Waals surface area contributed by atoms with E-state index in [1.807, 2.05) is 57.2 Å². The predicted molar refractivity (Wildman–Crippen MR) is 114 cm³/mol. The average Bonchev–Trinajstić information content (AvgIpc) is 2.61. The van der Waals surface area contributed by atoms with Crippen LogP contribution in [0.1, 0.15) is 25.8 Å².